The minimum Gasteiger partial charge on any atom is -0.502 e. The van der Waals surface area contributed by atoms with E-state index in [9.17, 15) is 24.3 Å². The third kappa shape index (κ3) is 6.75. The molecule has 12 heteroatoms. The van der Waals surface area contributed by atoms with Crippen LogP contribution in [0.5, 0.6) is 17.2 Å². The van der Waals surface area contributed by atoms with E-state index in [1.165, 1.54) is 50.6 Å². The second-order valence-electron chi connectivity index (χ2n) is 7.77. The van der Waals surface area contributed by atoms with Gasteiger partial charge in [0.05, 0.1) is 36.3 Å². The molecule has 1 aliphatic rings. The van der Waals surface area contributed by atoms with E-state index in [0.717, 1.165) is 11.3 Å². The van der Waals surface area contributed by atoms with E-state index in [2.05, 4.69) is 5.32 Å². The minimum absolute atomic E-state index is 0.0798. The van der Waals surface area contributed by atoms with Crippen molar-refractivity contribution >= 4 is 58.1 Å². The normalized spacial score (nSPS) is 14.2. The Morgan fingerprint density at radius 1 is 1.14 bits per heavy atom. The number of esters is 1. The Hall–Kier alpha value is -3.70. The first-order chi connectivity index (χ1) is 17.7. The van der Waals surface area contributed by atoms with Crippen LogP contribution in [0.3, 0.4) is 0 Å². The number of phenols is 1. The van der Waals surface area contributed by atoms with Gasteiger partial charge in [0.15, 0.2) is 11.5 Å². The fraction of sp³-hybridized carbons (Fsp3) is 0.280. The van der Waals surface area contributed by atoms with Crippen LogP contribution < -0.4 is 14.8 Å². The summed E-state index contributed by atoms with van der Waals surface area (Å²) in [6.45, 7) is 1.67. The van der Waals surface area contributed by atoms with Crippen LogP contribution in [-0.4, -0.2) is 60.4 Å². The Kier molecular flexibility index (Phi) is 9.42. The molecule has 1 fully saturated rings. The number of methoxy groups -OCH3 is 2. The number of hydrogen-bond acceptors (Lipinski definition) is 9. The standard InChI is InChI=1S/C25H25ClN2O8S/c1-4-5-8-36-24(32)16-12-15(6-7-17(16)26)27-21(29)13-28-23(31)20(37-25(28)33)11-14-9-18(34-2)22(30)19(10-14)35-3/h6-7,9-12,30H,4-5,8,13H2,1-3H3,(H,27,29)/b20-11+. The molecule has 3 rings (SSSR count). The molecule has 3 amide bonds. The number of anilines is 1. The SMILES string of the molecule is CCCCOC(=O)c1cc(NC(=O)CN2C(=O)S/C(=C/c3cc(OC)c(O)c(OC)c3)C2=O)ccc1Cl. The highest BCUT2D eigenvalue weighted by molar-refractivity contribution is 8.18. The molecule has 0 bridgehead atoms. The zero-order valence-electron chi connectivity index (χ0n) is 20.3. The average Bonchev–Trinajstić information content (AvgIpc) is 3.13. The summed E-state index contributed by atoms with van der Waals surface area (Å²) in [5, 5.41) is 12.2. The highest BCUT2D eigenvalue weighted by Crippen LogP contribution is 2.39. The summed E-state index contributed by atoms with van der Waals surface area (Å²) < 4.78 is 15.4. The highest BCUT2D eigenvalue weighted by Gasteiger charge is 2.36. The van der Waals surface area contributed by atoms with Crippen LogP contribution >= 0.6 is 23.4 Å². The Morgan fingerprint density at radius 3 is 2.43 bits per heavy atom. The monoisotopic (exact) mass is 548 g/mol. The minimum atomic E-state index is -0.660. The summed E-state index contributed by atoms with van der Waals surface area (Å²) >= 11 is 6.77. The number of nitrogens with zero attached hydrogens (tertiary/aromatic N) is 1. The maximum absolute atomic E-state index is 12.8. The van der Waals surface area contributed by atoms with Gasteiger partial charge < -0.3 is 24.6 Å². The van der Waals surface area contributed by atoms with Crippen molar-refractivity contribution in [3.63, 3.8) is 0 Å². The van der Waals surface area contributed by atoms with Crippen LogP contribution in [-0.2, 0) is 14.3 Å². The molecule has 10 nitrogen and oxygen atoms in total. The lowest BCUT2D eigenvalue weighted by atomic mass is 10.1. The lowest BCUT2D eigenvalue weighted by Crippen LogP contribution is -2.36. The number of amides is 3. The number of halogens is 1. The van der Waals surface area contributed by atoms with E-state index in [1.807, 2.05) is 6.92 Å². The molecule has 2 N–H and O–H groups in total. The quantitative estimate of drug-likeness (QED) is 0.246. The summed E-state index contributed by atoms with van der Waals surface area (Å²) in [6.07, 6.45) is 3.00. The topological polar surface area (TPSA) is 131 Å². The van der Waals surface area contributed by atoms with Gasteiger partial charge >= 0.3 is 5.97 Å². The van der Waals surface area contributed by atoms with Crippen LogP contribution in [0.2, 0.25) is 5.02 Å². The van der Waals surface area contributed by atoms with Crippen LogP contribution in [0.15, 0.2) is 35.2 Å². The highest BCUT2D eigenvalue weighted by atomic mass is 35.5. The Bertz CT molecular complexity index is 1240. The van der Waals surface area contributed by atoms with Crippen molar-refractivity contribution in [3.8, 4) is 17.2 Å². The van der Waals surface area contributed by atoms with Gasteiger partial charge in [0.25, 0.3) is 11.1 Å². The summed E-state index contributed by atoms with van der Waals surface area (Å²) in [5.74, 6) is -1.88. The molecule has 0 aliphatic carbocycles. The summed E-state index contributed by atoms with van der Waals surface area (Å²) in [7, 11) is 2.73. The number of unbranched alkanes of at least 4 members (excludes halogenated alkanes) is 1. The van der Waals surface area contributed by atoms with Crippen molar-refractivity contribution < 1.29 is 38.5 Å². The van der Waals surface area contributed by atoms with Crippen molar-refractivity contribution in [2.45, 2.75) is 19.8 Å². The third-order valence-electron chi connectivity index (χ3n) is 5.18. The van der Waals surface area contributed by atoms with Gasteiger partial charge in [0.2, 0.25) is 11.7 Å². The number of rotatable bonds is 10. The number of carbonyl (C=O) groups is 4. The molecule has 0 atom stereocenters. The molecule has 196 valence electrons. The average molecular weight is 549 g/mol. The molecule has 1 aliphatic heterocycles. The number of aromatic hydroxyl groups is 1. The van der Waals surface area contributed by atoms with Crippen molar-refractivity contribution in [1.82, 2.24) is 4.90 Å². The molecular weight excluding hydrogens is 524 g/mol. The second kappa shape index (κ2) is 12.5. The molecule has 0 unspecified atom stereocenters. The number of hydrogen-bond donors (Lipinski definition) is 2. The van der Waals surface area contributed by atoms with Gasteiger partial charge in [-0.2, -0.15) is 0 Å². The molecule has 0 saturated carbocycles. The molecule has 2 aromatic carbocycles. The van der Waals surface area contributed by atoms with Gasteiger partial charge in [0.1, 0.15) is 6.54 Å². The van der Waals surface area contributed by atoms with Crippen LogP contribution in [0.4, 0.5) is 10.5 Å². The van der Waals surface area contributed by atoms with Gasteiger partial charge in [-0.15, -0.1) is 0 Å². The molecule has 1 heterocycles. The first-order valence-electron chi connectivity index (χ1n) is 11.1. The van der Waals surface area contributed by atoms with Gasteiger partial charge in [-0.05, 0) is 60.2 Å². The Labute approximate surface area is 222 Å². The van der Waals surface area contributed by atoms with Crippen LogP contribution in [0.25, 0.3) is 6.08 Å². The predicted molar refractivity (Wildman–Crippen MR) is 139 cm³/mol. The number of carbonyl (C=O) groups excluding carboxylic acids is 4. The molecule has 0 aromatic heterocycles. The molecule has 1 saturated heterocycles. The van der Waals surface area contributed by atoms with Gasteiger partial charge in [-0.1, -0.05) is 24.9 Å². The Balaban J connectivity index is 1.71. The smallest absolute Gasteiger partial charge is 0.339 e. The van der Waals surface area contributed by atoms with Crippen molar-refractivity contribution in [1.29, 1.82) is 0 Å². The number of thioether (sulfide) groups is 1. The zero-order chi connectivity index (χ0) is 27.1. The van der Waals surface area contributed by atoms with Gasteiger partial charge in [0, 0.05) is 5.69 Å². The van der Waals surface area contributed by atoms with Crippen molar-refractivity contribution in [2.75, 3.05) is 32.7 Å². The first-order valence-corrected chi connectivity index (χ1v) is 12.3. The summed E-state index contributed by atoms with van der Waals surface area (Å²) in [6, 6.07) is 7.25. The number of ether oxygens (including phenoxy) is 3. The molecule has 37 heavy (non-hydrogen) atoms. The summed E-state index contributed by atoms with van der Waals surface area (Å²) in [4.78, 5) is 51.1. The van der Waals surface area contributed by atoms with E-state index in [0.29, 0.717) is 23.7 Å². The van der Waals surface area contributed by atoms with E-state index in [1.54, 1.807) is 0 Å². The maximum Gasteiger partial charge on any atom is 0.339 e. The van der Waals surface area contributed by atoms with Crippen molar-refractivity contribution in [3.05, 3.63) is 51.4 Å². The summed E-state index contributed by atoms with van der Waals surface area (Å²) in [5.41, 5.74) is 0.785. The zero-order valence-corrected chi connectivity index (χ0v) is 21.9. The molecular formula is C25H25ClN2O8S. The number of phenolic OH excluding ortho intramolecular Hbond substituents is 1. The fourth-order valence-corrected chi connectivity index (χ4v) is 4.31. The predicted octanol–water partition coefficient (Wildman–Crippen LogP) is 4.69. The van der Waals surface area contributed by atoms with Crippen LogP contribution in [0.1, 0.15) is 35.7 Å². The Morgan fingerprint density at radius 2 is 1.81 bits per heavy atom. The van der Waals surface area contributed by atoms with Gasteiger partial charge in [-0.25, -0.2) is 4.79 Å². The third-order valence-corrected chi connectivity index (χ3v) is 6.41. The number of nitrogens with one attached hydrogen (secondary N) is 1. The lowest BCUT2D eigenvalue weighted by molar-refractivity contribution is -0.127. The maximum atomic E-state index is 12.8. The first kappa shape index (κ1) is 27.9. The van der Waals surface area contributed by atoms with Crippen molar-refractivity contribution in [2.24, 2.45) is 0 Å². The molecule has 0 radical (unpaired) electrons. The van der Waals surface area contributed by atoms with Crippen LogP contribution in [0, 0.1) is 0 Å². The lowest BCUT2D eigenvalue weighted by Gasteiger charge is -2.13. The van der Waals surface area contributed by atoms with E-state index < -0.39 is 29.6 Å². The number of benzene rings is 2. The fourth-order valence-electron chi connectivity index (χ4n) is 3.28. The largest absolute Gasteiger partial charge is 0.502 e. The van der Waals surface area contributed by atoms with Gasteiger partial charge in [-0.3, -0.25) is 19.3 Å². The van der Waals surface area contributed by atoms with E-state index >= 15 is 0 Å². The molecule has 0 spiro atoms. The number of imide groups is 1. The molecule has 2 aromatic rings. The second-order valence-corrected chi connectivity index (χ2v) is 9.17. The van der Waals surface area contributed by atoms with E-state index in [4.69, 9.17) is 25.8 Å². The van der Waals surface area contributed by atoms with E-state index in [-0.39, 0.29) is 45.0 Å².